The van der Waals surface area contributed by atoms with E-state index >= 15 is 0 Å². The number of nitro groups is 1. The van der Waals surface area contributed by atoms with Gasteiger partial charge in [0.25, 0.3) is 5.70 Å². The molecule has 8 nitrogen and oxygen atoms in total. The average molecular weight is 335 g/mol. The fourth-order valence-electron chi connectivity index (χ4n) is 2.52. The summed E-state index contributed by atoms with van der Waals surface area (Å²) in [5.74, 6) is -0.0280. The van der Waals surface area contributed by atoms with Gasteiger partial charge >= 0.3 is 5.97 Å². The quantitative estimate of drug-likeness (QED) is 0.446. The minimum absolute atomic E-state index is 0.146. The van der Waals surface area contributed by atoms with Gasteiger partial charge in [-0.25, -0.2) is 4.79 Å². The molecule has 1 aliphatic heterocycles. The molecule has 0 aliphatic carbocycles. The molecule has 0 amide bonds. The van der Waals surface area contributed by atoms with E-state index in [1.165, 1.54) is 0 Å². The van der Waals surface area contributed by atoms with E-state index in [2.05, 4.69) is 10.6 Å². The van der Waals surface area contributed by atoms with Gasteiger partial charge in [-0.3, -0.25) is 10.1 Å². The van der Waals surface area contributed by atoms with Gasteiger partial charge in [0, 0.05) is 12.2 Å². The van der Waals surface area contributed by atoms with Gasteiger partial charge in [0.15, 0.2) is 0 Å². The molecule has 0 radical (unpaired) electrons. The predicted octanol–water partition coefficient (Wildman–Crippen LogP) is 1.91. The lowest BCUT2D eigenvalue weighted by atomic mass is 10.1. The summed E-state index contributed by atoms with van der Waals surface area (Å²) in [6.45, 7) is 2.47. The molecule has 1 aliphatic rings. The number of nitrogens with one attached hydrogen (secondary N) is 2. The van der Waals surface area contributed by atoms with Crippen molar-refractivity contribution in [3.8, 4) is 5.75 Å². The van der Waals surface area contributed by atoms with Crippen LogP contribution in [0.5, 0.6) is 5.75 Å². The third-order valence-electron chi connectivity index (χ3n) is 3.64. The van der Waals surface area contributed by atoms with Crippen molar-refractivity contribution in [2.75, 3.05) is 25.6 Å². The second kappa shape index (κ2) is 8.19. The Morgan fingerprint density at radius 2 is 2.12 bits per heavy atom. The zero-order valence-corrected chi connectivity index (χ0v) is 13.7. The molecular weight excluding hydrogens is 314 g/mol. The number of methoxy groups -OCH3 is 1. The Labute approximate surface area is 140 Å². The Morgan fingerprint density at radius 3 is 2.62 bits per heavy atom. The summed E-state index contributed by atoms with van der Waals surface area (Å²) in [5.41, 5.74) is 0.840. The van der Waals surface area contributed by atoms with Gasteiger partial charge in [0.05, 0.1) is 24.3 Å². The van der Waals surface area contributed by atoms with Crippen LogP contribution in [-0.4, -0.2) is 37.2 Å². The van der Waals surface area contributed by atoms with Crippen molar-refractivity contribution in [2.24, 2.45) is 0 Å². The van der Waals surface area contributed by atoms with Crippen molar-refractivity contribution >= 4 is 11.7 Å². The summed E-state index contributed by atoms with van der Waals surface area (Å²) in [4.78, 5) is 23.3. The maximum atomic E-state index is 12.3. The van der Waals surface area contributed by atoms with Gasteiger partial charge in [0.1, 0.15) is 5.75 Å². The maximum Gasteiger partial charge on any atom is 0.340 e. The second-order valence-corrected chi connectivity index (χ2v) is 5.21. The van der Waals surface area contributed by atoms with Crippen molar-refractivity contribution in [3.63, 3.8) is 0 Å². The number of allylic oxidation sites excluding steroid dienone is 1. The number of hydrogen-bond donors (Lipinski definition) is 2. The van der Waals surface area contributed by atoms with E-state index in [0.717, 1.165) is 6.42 Å². The Bertz CT molecular complexity index is 619. The lowest BCUT2D eigenvalue weighted by Crippen LogP contribution is -2.38. The number of nitrogens with zero attached hydrogens (tertiary/aromatic N) is 1. The van der Waals surface area contributed by atoms with Gasteiger partial charge in [-0.1, -0.05) is 0 Å². The van der Waals surface area contributed by atoms with Gasteiger partial charge in [-0.05, 0) is 44.0 Å². The van der Waals surface area contributed by atoms with Crippen molar-refractivity contribution in [1.29, 1.82) is 0 Å². The topological polar surface area (TPSA) is 103 Å². The van der Waals surface area contributed by atoms with Crippen LogP contribution >= 0.6 is 0 Å². The van der Waals surface area contributed by atoms with E-state index in [1.807, 2.05) is 0 Å². The van der Waals surface area contributed by atoms with E-state index in [9.17, 15) is 14.9 Å². The standard InChI is InChI=1S/C16H21N3O5/c1-3-24-16(20)14(15(19(21)22)13-5-4-10-17-13)18-11-6-8-12(23-2)9-7-11/h6-9,14,17-18H,3-5,10H2,1-2H3/b15-13-. The first-order chi connectivity index (χ1) is 11.6. The minimum atomic E-state index is -1.19. The van der Waals surface area contributed by atoms with Crippen molar-refractivity contribution in [1.82, 2.24) is 5.32 Å². The molecule has 1 unspecified atom stereocenters. The first-order valence-electron chi connectivity index (χ1n) is 7.75. The second-order valence-electron chi connectivity index (χ2n) is 5.21. The summed E-state index contributed by atoms with van der Waals surface area (Å²) >= 11 is 0. The lowest BCUT2D eigenvalue weighted by Gasteiger charge is -2.18. The van der Waals surface area contributed by atoms with Crippen molar-refractivity contribution in [3.05, 3.63) is 45.8 Å². The number of rotatable bonds is 7. The summed E-state index contributed by atoms with van der Waals surface area (Å²) in [7, 11) is 1.55. The lowest BCUT2D eigenvalue weighted by molar-refractivity contribution is -0.429. The number of anilines is 1. The van der Waals surface area contributed by atoms with Crippen molar-refractivity contribution < 1.29 is 19.2 Å². The first kappa shape index (κ1) is 17.6. The highest BCUT2D eigenvalue weighted by Gasteiger charge is 2.37. The van der Waals surface area contributed by atoms with Crippen molar-refractivity contribution in [2.45, 2.75) is 25.8 Å². The number of carbonyl (C=O) groups is 1. The van der Waals surface area contributed by atoms with E-state index in [0.29, 0.717) is 30.1 Å². The van der Waals surface area contributed by atoms with Crippen LogP contribution in [0.25, 0.3) is 0 Å². The van der Waals surface area contributed by atoms with E-state index in [4.69, 9.17) is 9.47 Å². The minimum Gasteiger partial charge on any atom is -0.497 e. The van der Waals surface area contributed by atoms with Crippen LogP contribution in [0.4, 0.5) is 5.69 Å². The smallest absolute Gasteiger partial charge is 0.340 e. The SMILES string of the molecule is CCOC(=O)C(Nc1ccc(OC)cc1)/C(=C1\CCCN1)[N+](=O)[O-]. The highest BCUT2D eigenvalue weighted by molar-refractivity contribution is 5.82. The fourth-order valence-corrected chi connectivity index (χ4v) is 2.52. The summed E-state index contributed by atoms with van der Waals surface area (Å²) in [6.07, 6.45) is 1.33. The first-order valence-corrected chi connectivity index (χ1v) is 7.75. The Kier molecular flexibility index (Phi) is 6.00. The number of ether oxygens (including phenoxy) is 2. The largest absolute Gasteiger partial charge is 0.497 e. The van der Waals surface area contributed by atoms with Gasteiger partial charge in [-0.15, -0.1) is 0 Å². The predicted molar refractivity (Wildman–Crippen MR) is 88.3 cm³/mol. The van der Waals surface area contributed by atoms with Crippen LogP contribution in [0.15, 0.2) is 35.7 Å². The zero-order chi connectivity index (χ0) is 17.5. The molecule has 1 saturated heterocycles. The molecule has 1 atom stereocenters. The molecule has 0 bridgehead atoms. The van der Waals surface area contributed by atoms with Crippen LogP contribution in [0.3, 0.4) is 0 Å². The monoisotopic (exact) mass is 335 g/mol. The van der Waals surface area contributed by atoms with Crippen LogP contribution < -0.4 is 15.4 Å². The molecule has 1 aromatic carbocycles. The number of hydrogen-bond acceptors (Lipinski definition) is 7. The molecule has 2 rings (SSSR count). The van der Waals surface area contributed by atoms with Gasteiger partial charge in [-0.2, -0.15) is 0 Å². The van der Waals surface area contributed by atoms with Gasteiger partial charge in [0.2, 0.25) is 6.04 Å². The van der Waals surface area contributed by atoms with Crippen LogP contribution in [-0.2, 0) is 9.53 Å². The van der Waals surface area contributed by atoms with Crippen LogP contribution in [0, 0.1) is 10.1 Å². The molecule has 0 saturated carbocycles. The molecule has 1 fully saturated rings. The maximum absolute atomic E-state index is 12.3. The molecule has 1 heterocycles. The molecule has 0 spiro atoms. The molecule has 130 valence electrons. The molecule has 2 N–H and O–H groups in total. The highest BCUT2D eigenvalue weighted by Crippen LogP contribution is 2.23. The Balaban J connectivity index is 2.33. The zero-order valence-electron chi connectivity index (χ0n) is 13.7. The number of esters is 1. The molecule has 24 heavy (non-hydrogen) atoms. The normalized spacial score (nSPS) is 16.8. The third-order valence-corrected chi connectivity index (χ3v) is 3.64. The number of benzene rings is 1. The average Bonchev–Trinajstić information content (AvgIpc) is 3.09. The van der Waals surface area contributed by atoms with Gasteiger partial charge < -0.3 is 20.1 Å². The fraction of sp³-hybridized carbons (Fsp3) is 0.438. The molecular formula is C16H21N3O5. The third kappa shape index (κ3) is 4.15. The van der Waals surface area contributed by atoms with Crippen LogP contribution in [0.2, 0.25) is 0 Å². The van der Waals surface area contributed by atoms with E-state index in [-0.39, 0.29) is 12.3 Å². The Morgan fingerprint density at radius 1 is 1.42 bits per heavy atom. The Hall–Kier alpha value is -2.77. The van der Waals surface area contributed by atoms with E-state index < -0.39 is 16.9 Å². The molecule has 0 aromatic heterocycles. The summed E-state index contributed by atoms with van der Waals surface area (Å²) < 4.78 is 10.1. The van der Waals surface area contributed by atoms with Crippen LogP contribution in [0.1, 0.15) is 19.8 Å². The van der Waals surface area contributed by atoms with E-state index in [1.54, 1.807) is 38.3 Å². The number of carbonyl (C=O) groups excluding carboxylic acids is 1. The molecule has 8 heteroatoms. The summed E-state index contributed by atoms with van der Waals surface area (Å²) in [5, 5.41) is 17.5. The summed E-state index contributed by atoms with van der Waals surface area (Å²) in [6, 6.07) is 5.60. The highest BCUT2D eigenvalue weighted by atomic mass is 16.6. The molecule has 1 aromatic rings.